The van der Waals surface area contributed by atoms with Gasteiger partial charge in [0.15, 0.2) is 5.43 Å². The van der Waals surface area contributed by atoms with Gasteiger partial charge < -0.3 is 19.5 Å². The van der Waals surface area contributed by atoms with E-state index in [1.165, 1.54) is 6.07 Å². The Hall–Kier alpha value is -0.820. The molecule has 0 aromatic carbocycles. The molecule has 3 atom stereocenters. The van der Waals surface area contributed by atoms with Crippen LogP contribution in [-0.2, 0) is 4.74 Å². The number of nitrogens with zero attached hydrogens (tertiary/aromatic N) is 1. The summed E-state index contributed by atoms with van der Waals surface area (Å²) in [6.07, 6.45) is 1.92. The quantitative estimate of drug-likeness (QED) is 0.628. The molecular weight excluding hydrogens is 230 g/mol. The Morgan fingerprint density at radius 1 is 1.62 bits per heavy atom. The van der Waals surface area contributed by atoms with Gasteiger partial charge in [0, 0.05) is 24.9 Å². The number of pyridine rings is 1. The molecule has 1 aromatic rings. The van der Waals surface area contributed by atoms with Crippen LogP contribution in [0.1, 0.15) is 12.6 Å². The number of rotatable bonds is 2. The standard InChI is InChI=1S/C10H13NO4S/c12-5-8-7(14)3-10(15-8)11-2-1-6(13)9(16)4-11/h1-2,4,7-8,10,12,14,16H,3,5H2/t7-,8+,10+/m0/s1. The van der Waals surface area contributed by atoms with Crippen LogP contribution in [0.2, 0.25) is 0 Å². The molecule has 0 aliphatic carbocycles. The molecule has 2 heterocycles. The predicted molar refractivity (Wildman–Crippen MR) is 59.6 cm³/mol. The van der Waals surface area contributed by atoms with Crippen molar-refractivity contribution in [3.05, 3.63) is 28.7 Å². The Morgan fingerprint density at radius 3 is 2.94 bits per heavy atom. The highest BCUT2D eigenvalue weighted by Gasteiger charge is 2.33. The summed E-state index contributed by atoms with van der Waals surface area (Å²) in [4.78, 5) is 11.5. The van der Waals surface area contributed by atoms with Crippen LogP contribution in [0.4, 0.5) is 0 Å². The summed E-state index contributed by atoms with van der Waals surface area (Å²) in [5, 5.41) is 18.5. The largest absolute Gasteiger partial charge is 0.394 e. The summed E-state index contributed by atoms with van der Waals surface area (Å²) in [6.45, 7) is -0.217. The molecule has 1 fully saturated rings. The third-order valence-electron chi connectivity index (χ3n) is 2.64. The Morgan fingerprint density at radius 2 is 2.38 bits per heavy atom. The molecule has 1 aliphatic rings. The molecule has 16 heavy (non-hydrogen) atoms. The molecule has 0 bridgehead atoms. The first kappa shape index (κ1) is 11.7. The van der Waals surface area contributed by atoms with Gasteiger partial charge in [-0.15, -0.1) is 12.6 Å². The first-order valence-electron chi connectivity index (χ1n) is 4.97. The minimum absolute atomic E-state index is 0.156. The van der Waals surface area contributed by atoms with Gasteiger partial charge >= 0.3 is 0 Å². The number of thiol groups is 1. The average molecular weight is 243 g/mol. The summed E-state index contributed by atoms with van der Waals surface area (Å²) in [7, 11) is 0. The summed E-state index contributed by atoms with van der Waals surface area (Å²) in [5.74, 6) is 0. The van der Waals surface area contributed by atoms with Gasteiger partial charge in [-0.1, -0.05) is 0 Å². The molecule has 0 radical (unpaired) electrons. The van der Waals surface area contributed by atoms with Gasteiger partial charge in [0.2, 0.25) is 0 Å². The van der Waals surface area contributed by atoms with Gasteiger partial charge in [-0.2, -0.15) is 0 Å². The zero-order valence-corrected chi connectivity index (χ0v) is 9.38. The van der Waals surface area contributed by atoms with Crippen molar-refractivity contribution in [2.24, 2.45) is 0 Å². The van der Waals surface area contributed by atoms with E-state index in [0.29, 0.717) is 11.3 Å². The molecule has 6 heteroatoms. The normalized spacial score (nSPS) is 29.6. The Bertz CT molecular complexity index is 433. The van der Waals surface area contributed by atoms with Crippen molar-refractivity contribution in [2.75, 3.05) is 6.61 Å². The summed E-state index contributed by atoms with van der Waals surface area (Å²) >= 11 is 4.03. The minimum atomic E-state index is -0.683. The molecule has 2 rings (SSSR count). The number of hydrogen-bond donors (Lipinski definition) is 3. The molecule has 0 amide bonds. The zero-order chi connectivity index (χ0) is 11.7. The Kier molecular flexibility index (Phi) is 3.34. The van der Waals surface area contributed by atoms with Crippen LogP contribution in [0.5, 0.6) is 0 Å². The predicted octanol–water partition coefficient (Wildman–Crippen LogP) is -0.222. The second kappa shape index (κ2) is 4.58. The van der Waals surface area contributed by atoms with E-state index in [2.05, 4.69) is 12.6 Å². The maximum absolute atomic E-state index is 11.2. The van der Waals surface area contributed by atoms with Crippen LogP contribution >= 0.6 is 12.6 Å². The van der Waals surface area contributed by atoms with E-state index < -0.39 is 12.2 Å². The molecular formula is C10H13NO4S. The lowest BCUT2D eigenvalue weighted by Gasteiger charge is -2.15. The number of aromatic nitrogens is 1. The van der Waals surface area contributed by atoms with Crippen molar-refractivity contribution < 1.29 is 14.9 Å². The molecule has 88 valence electrons. The van der Waals surface area contributed by atoms with Crippen molar-refractivity contribution >= 4 is 12.6 Å². The van der Waals surface area contributed by atoms with E-state index in [9.17, 15) is 9.90 Å². The van der Waals surface area contributed by atoms with E-state index in [1.54, 1.807) is 17.0 Å². The molecule has 1 aromatic heterocycles. The lowest BCUT2D eigenvalue weighted by Crippen LogP contribution is -2.24. The highest BCUT2D eigenvalue weighted by atomic mass is 32.1. The third kappa shape index (κ3) is 2.15. The van der Waals surface area contributed by atoms with Crippen molar-refractivity contribution in [1.82, 2.24) is 4.57 Å². The van der Waals surface area contributed by atoms with Crippen molar-refractivity contribution in [1.29, 1.82) is 0 Å². The van der Waals surface area contributed by atoms with E-state index in [1.807, 2.05) is 0 Å². The molecule has 1 saturated heterocycles. The molecule has 2 N–H and O–H groups in total. The minimum Gasteiger partial charge on any atom is -0.394 e. The SMILES string of the molecule is O=c1ccn([C@H]2C[C@H](O)[C@@H](CO)O2)cc1S. The van der Waals surface area contributed by atoms with Crippen molar-refractivity contribution in [2.45, 2.75) is 29.8 Å². The Labute approximate surface area is 97.7 Å². The van der Waals surface area contributed by atoms with E-state index in [4.69, 9.17) is 9.84 Å². The van der Waals surface area contributed by atoms with Crippen LogP contribution in [-0.4, -0.2) is 33.6 Å². The van der Waals surface area contributed by atoms with Crippen molar-refractivity contribution in [3.8, 4) is 0 Å². The third-order valence-corrected chi connectivity index (χ3v) is 2.97. The van der Waals surface area contributed by atoms with Gasteiger partial charge in [-0.25, -0.2) is 0 Å². The van der Waals surface area contributed by atoms with Gasteiger partial charge in [0.25, 0.3) is 0 Å². The summed E-state index contributed by atoms with van der Waals surface area (Å²) in [5.41, 5.74) is -0.156. The number of aliphatic hydroxyl groups excluding tert-OH is 2. The summed E-state index contributed by atoms with van der Waals surface area (Å²) < 4.78 is 7.10. The van der Waals surface area contributed by atoms with Gasteiger partial charge in [0.05, 0.1) is 17.6 Å². The fourth-order valence-electron chi connectivity index (χ4n) is 1.73. The van der Waals surface area contributed by atoms with Crippen molar-refractivity contribution in [3.63, 3.8) is 0 Å². The lowest BCUT2D eigenvalue weighted by atomic mass is 10.2. The maximum Gasteiger partial charge on any atom is 0.194 e. The van der Waals surface area contributed by atoms with E-state index in [-0.39, 0.29) is 18.3 Å². The van der Waals surface area contributed by atoms with Crippen LogP contribution < -0.4 is 5.43 Å². The lowest BCUT2D eigenvalue weighted by molar-refractivity contribution is -0.0447. The fourth-order valence-corrected chi connectivity index (χ4v) is 1.94. The van der Waals surface area contributed by atoms with Crippen LogP contribution in [0, 0.1) is 0 Å². The number of hydrogen-bond acceptors (Lipinski definition) is 5. The Balaban J connectivity index is 2.20. The smallest absolute Gasteiger partial charge is 0.194 e. The van der Waals surface area contributed by atoms with Gasteiger partial charge in [0.1, 0.15) is 12.3 Å². The number of aliphatic hydroxyl groups is 2. The van der Waals surface area contributed by atoms with E-state index in [0.717, 1.165) is 0 Å². The molecule has 0 unspecified atom stereocenters. The second-order valence-electron chi connectivity index (χ2n) is 3.76. The van der Waals surface area contributed by atoms with Crippen LogP contribution in [0.15, 0.2) is 28.2 Å². The molecule has 0 spiro atoms. The zero-order valence-electron chi connectivity index (χ0n) is 8.48. The van der Waals surface area contributed by atoms with Crippen LogP contribution in [0.3, 0.4) is 0 Å². The fraction of sp³-hybridized carbons (Fsp3) is 0.500. The van der Waals surface area contributed by atoms with Crippen LogP contribution in [0.25, 0.3) is 0 Å². The second-order valence-corrected chi connectivity index (χ2v) is 4.24. The summed E-state index contributed by atoms with van der Waals surface area (Å²) in [6, 6.07) is 1.39. The molecule has 0 saturated carbocycles. The first-order valence-corrected chi connectivity index (χ1v) is 5.41. The average Bonchev–Trinajstić information content (AvgIpc) is 2.64. The number of ether oxygens (including phenoxy) is 1. The first-order chi connectivity index (χ1) is 7.61. The molecule has 1 aliphatic heterocycles. The molecule has 5 nitrogen and oxygen atoms in total. The highest BCUT2D eigenvalue weighted by Crippen LogP contribution is 2.28. The highest BCUT2D eigenvalue weighted by molar-refractivity contribution is 7.80. The van der Waals surface area contributed by atoms with Gasteiger partial charge in [-0.3, -0.25) is 4.79 Å². The monoisotopic (exact) mass is 243 g/mol. The topological polar surface area (TPSA) is 71.7 Å². The maximum atomic E-state index is 11.2. The van der Waals surface area contributed by atoms with E-state index >= 15 is 0 Å². The van der Waals surface area contributed by atoms with Gasteiger partial charge in [-0.05, 0) is 0 Å².